The maximum absolute atomic E-state index is 12.9. The molecular formula is C23H19F3N6O3S. The average Bonchev–Trinajstić information content (AvgIpc) is 3.50. The maximum atomic E-state index is 12.9. The minimum Gasteiger partial charge on any atom is -0.307 e. The van der Waals surface area contributed by atoms with Crippen LogP contribution in [0.15, 0.2) is 79.4 Å². The van der Waals surface area contributed by atoms with E-state index in [4.69, 9.17) is 0 Å². The van der Waals surface area contributed by atoms with Crippen molar-refractivity contribution in [2.45, 2.75) is 12.6 Å². The molecule has 9 nitrogen and oxygen atoms in total. The highest BCUT2D eigenvalue weighted by molar-refractivity contribution is 7.94. The third-order valence-corrected chi connectivity index (χ3v) is 6.38. The number of sulfone groups is 1. The summed E-state index contributed by atoms with van der Waals surface area (Å²) >= 11 is 0. The predicted molar refractivity (Wildman–Crippen MR) is 126 cm³/mol. The second kappa shape index (κ2) is 9.77. The van der Waals surface area contributed by atoms with Crippen LogP contribution in [0.1, 0.15) is 12.0 Å². The number of alkyl halides is 3. The van der Waals surface area contributed by atoms with Gasteiger partial charge >= 0.3 is 6.18 Å². The van der Waals surface area contributed by atoms with E-state index in [1.807, 2.05) is 6.07 Å². The number of nitrogens with one attached hydrogen (secondary N) is 1. The molecule has 1 N–H and O–H groups in total. The van der Waals surface area contributed by atoms with Crippen molar-refractivity contribution in [3.63, 3.8) is 0 Å². The molecular weight excluding hydrogens is 497 g/mol. The minimum atomic E-state index is -4.49. The van der Waals surface area contributed by atoms with E-state index in [1.165, 1.54) is 27.7 Å². The molecule has 0 saturated heterocycles. The van der Waals surface area contributed by atoms with Crippen LogP contribution in [-0.2, 0) is 20.8 Å². The first-order valence-corrected chi connectivity index (χ1v) is 12.1. The number of carbonyl (C=O) groups is 1. The number of aromatic nitrogens is 5. The number of halogens is 3. The third kappa shape index (κ3) is 5.68. The Hall–Kier alpha value is -4.26. The van der Waals surface area contributed by atoms with E-state index >= 15 is 0 Å². The summed E-state index contributed by atoms with van der Waals surface area (Å²) in [6, 6.07) is 7.92. The van der Waals surface area contributed by atoms with Crippen molar-refractivity contribution < 1.29 is 26.4 Å². The number of hydrogen-bond acceptors (Lipinski definition) is 6. The molecule has 0 unspecified atom stereocenters. The van der Waals surface area contributed by atoms with E-state index in [9.17, 15) is 26.4 Å². The van der Waals surface area contributed by atoms with Crippen molar-refractivity contribution in [2.24, 2.45) is 0 Å². The standard InChI is InChI=1S/C23H19F3N6O3S/c1-2-36(34,35)11-9-21(33)29-22-20(32-14-17(13-28-32)16-4-3-10-27-12-16)15-31(30-22)19-7-5-18(6-8-19)23(24,25)26/h2-8,10,12-15H,1,9,11H2,(H,29,30,33). The molecule has 13 heteroatoms. The summed E-state index contributed by atoms with van der Waals surface area (Å²) < 4.78 is 64.9. The van der Waals surface area contributed by atoms with Crippen molar-refractivity contribution in [2.75, 3.05) is 11.1 Å². The molecule has 3 aromatic heterocycles. The molecule has 0 saturated carbocycles. The lowest BCUT2D eigenvalue weighted by atomic mass is 10.2. The second-order valence-electron chi connectivity index (χ2n) is 7.60. The van der Waals surface area contributed by atoms with Gasteiger partial charge in [0.1, 0.15) is 5.69 Å². The SMILES string of the molecule is C=CS(=O)(=O)CCC(=O)Nc1nn(-c2ccc(C(F)(F)F)cc2)cc1-n1cc(-c2cccnc2)cn1. The van der Waals surface area contributed by atoms with Crippen molar-refractivity contribution in [1.29, 1.82) is 0 Å². The van der Waals surface area contributed by atoms with Gasteiger partial charge in [-0.1, -0.05) is 12.6 Å². The molecule has 0 radical (unpaired) electrons. The number of hydrogen-bond donors (Lipinski definition) is 1. The average molecular weight is 517 g/mol. The van der Waals surface area contributed by atoms with Gasteiger partial charge in [-0.3, -0.25) is 9.78 Å². The maximum Gasteiger partial charge on any atom is 0.416 e. The van der Waals surface area contributed by atoms with Crippen molar-refractivity contribution in [1.82, 2.24) is 24.5 Å². The molecule has 0 bridgehead atoms. The number of nitrogens with zero attached hydrogens (tertiary/aromatic N) is 5. The predicted octanol–water partition coefficient (Wildman–Crippen LogP) is 4.03. The first-order chi connectivity index (χ1) is 17.1. The van der Waals surface area contributed by atoms with Crippen LogP contribution in [0.5, 0.6) is 0 Å². The fourth-order valence-electron chi connectivity index (χ4n) is 3.21. The summed E-state index contributed by atoms with van der Waals surface area (Å²) in [7, 11) is -3.59. The fourth-order valence-corrected chi connectivity index (χ4v) is 3.84. The number of pyridine rings is 1. The molecule has 0 aliphatic rings. The van der Waals surface area contributed by atoms with E-state index in [2.05, 4.69) is 27.1 Å². The fraction of sp³-hybridized carbons (Fsp3) is 0.130. The van der Waals surface area contributed by atoms with Gasteiger partial charge < -0.3 is 5.32 Å². The van der Waals surface area contributed by atoms with Crippen LogP contribution in [0.2, 0.25) is 0 Å². The van der Waals surface area contributed by atoms with Gasteiger partial charge in [0.2, 0.25) is 5.91 Å². The Kier molecular flexibility index (Phi) is 6.75. The lowest BCUT2D eigenvalue weighted by Crippen LogP contribution is -2.17. The molecule has 4 aromatic rings. The Bertz CT molecular complexity index is 1490. The Morgan fingerprint density at radius 1 is 1.06 bits per heavy atom. The lowest BCUT2D eigenvalue weighted by Gasteiger charge is -2.07. The van der Waals surface area contributed by atoms with Crippen LogP contribution in [-0.4, -0.2) is 44.6 Å². The van der Waals surface area contributed by atoms with E-state index in [0.29, 0.717) is 11.4 Å². The molecule has 0 atom stereocenters. The smallest absolute Gasteiger partial charge is 0.307 e. The second-order valence-corrected chi connectivity index (χ2v) is 9.67. The quantitative estimate of drug-likeness (QED) is 0.379. The largest absolute Gasteiger partial charge is 0.416 e. The van der Waals surface area contributed by atoms with Gasteiger partial charge in [0, 0.05) is 41.5 Å². The van der Waals surface area contributed by atoms with Crippen molar-refractivity contribution >= 4 is 21.6 Å². The van der Waals surface area contributed by atoms with Crippen LogP contribution >= 0.6 is 0 Å². The summed E-state index contributed by atoms with van der Waals surface area (Å²) in [4.78, 5) is 16.5. The van der Waals surface area contributed by atoms with Gasteiger partial charge in [-0.25, -0.2) is 17.8 Å². The molecule has 1 aromatic carbocycles. The molecule has 186 valence electrons. The van der Waals surface area contributed by atoms with Gasteiger partial charge in [-0.2, -0.15) is 18.3 Å². The van der Waals surface area contributed by atoms with Gasteiger partial charge in [0.25, 0.3) is 0 Å². The first-order valence-electron chi connectivity index (χ1n) is 10.4. The van der Waals surface area contributed by atoms with Crippen LogP contribution < -0.4 is 5.32 Å². The van der Waals surface area contributed by atoms with Crippen molar-refractivity contribution in [3.05, 3.63) is 84.9 Å². The molecule has 4 rings (SSSR count). The monoisotopic (exact) mass is 516 g/mol. The zero-order valence-corrected chi connectivity index (χ0v) is 19.4. The molecule has 1 amide bonds. The summed E-state index contributed by atoms with van der Waals surface area (Å²) in [6.45, 7) is 3.21. The van der Waals surface area contributed by atoms with Crippen LogP contribution in [0, 0.1) is 0 Å². The minimum absolute atomic E-state index is 0.0386. The number of rotatable bonds is 8. The molecule has 0 fully saturated rings. The summed E-state index contributed by atoms with van der Waals surface area (Å²) in [5, 5.41) is 11.9. The molecule has 0 aliphatic carbocycles. The molecule has 0 aliphatic heterocycles. The summed E-state index contributed by atoms with van der Waals surface area (Å²) in [6.07, 6.45) is 3.17. The van der Waals surface area contributed by atoms with E-state index in [-0.39, 0.29) is 12.2 Å². The topological polar surface area (TPSA) is 112 Å². The molecule has 3 heterocycles. The van der Waals surface area contributed by atoms with Crippen LogP contribution in [0.3, 0.4) is 0 Å². The number of anilines is 1. The van der Waals surface area contributed by atoms with Crippen LogP contribution in [0.25, 0.3) is 22.5 Å². The first kappa shape index (κ1) is 24.9. The number of amides is 1. The van der Waals surface area contributed by atoms with Gasteiger partial charge in [0.05, 0.1) is 29.4 Å². The molecule has 0 spiro atoms. The zero-order chi connectivity index (χ0) is 25.9. The summed E-state index contributed by atoms with van der Waals surface area (Å²) in [5.41, 5.74) is 1.31. The van der Waals surface area contributed by atoms with Gasteiger partial charge in [0.15, 0.2) is 15.7 Å². The normalized spacial score (nSPS) is 11.9. The highest BCUT2D eigenvalue weighted by atomic mass is 32.2. The Morgan fingerprint density at radius 2 is 1.81 bits per heavy atom. The van der Waals surface area contributed by atoms with Gasteiger partial charge in [-0.15, -0.1) is 5.10 Å². The van der Waals surface area contributed by atoms with E-state index < -0.39 is 33.2 Å². The Morgan fingerprint density at radius 3 is 2.44 bits per heavy atom. The number of carbonyl (C=O) groups excluding carboxylic acids is 1. The summed E-state index contributed by atoms with van der Waals surface area (Å²) in [5.74, 6) is -1.03. The zero-order valence-electron chi connectivity index (χ0n) is 18.6. The Balaban J connectivity index is 1.68. The Labute approximate surface area is 203 Å². The highest BCUT2D eigenvalue weighted by Gasteiger charge is 2.30. The van der Waals surface area contributed by atoms with Crippen LogP contribution in [0.4, 0.5) is 19.0 Å². The van der Waals surface area contributed by atoms with E-state index in [0.717, 1.165) is 28.7 Å². The van der Waals surface area contributed by atoms with Crippen molar-refractivity contribution in [3.8, 4) is 22.5 Å². The lowest BCUT2D eigenvalue weighted by molar-refractivity contribution is -0.137. The third-order valence-electron chi connectivity index (χ3n) is 5.10. The number of benzene rings is 1. The van der Waals surface area contributed by atoms with Gasteiger partial charge in [-0.05, 0) is 30.3 Å². The van der Waals surface area contributed by atoms with E-state index in [1.54, 1.807) is 30.9 Å². The highest BCUT2D eigenvalue weighted by Crippen LogP contribution is 2.30. The molecule has 36 heavy (non-hydrogen) atoms.